The highest BCUT2D eigenvalue weighted by Gasteiger charge is 2.38. The second-order valence-corrected chi connectivity index (χ2v) is 8.17. The lowest BCUT2D eigenvalue weighted by atomic mass is 9.80. The van der Waals surface area contributed by atoms with Gasteiger partial charge in [0.25, 0.3) is 5.91 Å². The van der Waals surface area contributed by atoms with Crippen molar-refractivity contribution in [3.05, 3.63) is 71.0 Å². The molecular formula is C27H29NO4. The molecule has 1 aliphatic heterocycles. The van der Waals surface area contributed by atoms with Crippen molar-refractivity contribution < 1.29 is 19.4 Å². The van der Waals surface area contributed by atoms with Gasteiger partial charge in [-0.25, -0.2) is 0 Å². The van der Waals surface area contributed by atoms with Crippen LogP contribution in [0.1, 0.15) is 42.4 Å². The van der Waals surface area contributed by atoms with Crippen LogP contribution in [0.3, 0.4) is 0 Å². The van der Waals surface area contributed by atoms with Gasteiger partial charge in [-0.15, -0.1) is 6.42 Å². The molecule has 0 spiro atoms. The Labute approximate surface area is 189 Å². The van der Waals surface area contributed by atoms with Crippen LogP contribution >= 0.6 is 0 Å². The smallest absolute Gasteiger partial charge is 0.286 e. The molecule has 5 heteroatoms. The van der Waals surface area contributed by atoms with E-state index in [1.165, 1.54) is 22.3 Å². The van der Waals surface area contributed by atoms with E-state index >= 15 is 0 Å². The molecule has 0 bridgehead atoms. The Hall–Kier alpha value is -3.07. The maximum absolute atomic E-state index is 12.6. The average molecular weight is 432 g/mol. The molecule has 2 aromatic rings. The van der Waals surface area contributed by atoms with Crippen LogP contribution < -0.4 is 5.32 Å². The van der Waals surface area contributed by atoms with Gasteiger partial charge < -0.3 is 19.9 Å². The van der Waals surface area contributed by atoms with E-state index in [2.05, 4.69) is 53.7 Å². The van der Waals surface area contributed by atoms with Gasteiger partial charge in [0, 0.05) is 25.0 Å². The molecule has 2 aliphatic rings. The fourth-order valence-corrected chi connectivity index (χ4v) is 4.74. The summed E-state index contributed by atoms with van der Waals surface area (Å²) < 4.78 is 11.9. The lowest BCUT2D eigenvalue weighted by Gasteiger charge is -2.37. The first-order valence-corrected chi connectivity index (χ1v) is 11.2. The van der Waals surface area contributed by atoms with Crippen LogP contribution in [-0.2, 0) is 20.7 Å². The molecule has 5 nitrogen and oxygen atoms in total. The minimum atomic E-state index is -0.571. The predicted molar refractivity (Wildman–Crippen MR) is 124 cm³/mol. The minimum Gasteiger partial charge on any atom is -0.459 e. The summed E-state index contributed by atoms with van der Waals surface area (Å²) in [5.41, 5.74) is 6.29. The highest BCUT2D eigenvalue weighted by molar-refractivity contribution is 5.92. The molecule has 0 fully saturated rings. The molecule has 0 aromatic heterocycles. The Morgan fingerprint density at radius 3 is 2.84 bits per heavy atom. The standard InChI is InChI=1S/C27H29NO4/c1-3-13-28-26(30)25-17-24(23(10-7-14-29)27(32-25)31-4-2)19-11-12-22-20(16-19)15-18-8-5-6-9-21(18)22/h1,5-6,8-9,11-12,16-17,23-24,27,29H,4,7,10,13-15H2,2H3,(H,28,30)/t23-,24+,27+/m0/s1. The predicted octanol–water partition coefficient (Wildman–Crippen LogP) is 3.76. The van der Waals surface area contributed by atoms with Crippen LogP contribution in [0.25, 0.3) is 11.1 Å². The van der Waals surface area contributed by atoms with Crippen LogP contribution in [0, 0.1) is 18.3 Å². The van der Waals surface area contributed by atoms with E-state index in [9.17, 15) is 9.90 Å². The fourth-order valence-electron chi connectivity index (χ4n) is 4.74. The van der Waals surface area contributed by atoms with Gasteiger partial charge in [-0.3, -0.25) is 4.79 Å². The van der Waals surface area contributed by atoms with Crippen molar-refractivity contribution in [1.82, 2.24) is 5.32 Å². The number of allylic oxidation sites excluding steroid dienone is 1. The highest BCUT2D eigenvalue weighted by atomic mass is 16.7. The summed E-state index contributed by atoms with van der Waals surface area (Å²) in [7, 11) is 0. The lowest BCUT2D eigenvalue weighted by molar-refractivity contribution is -0.166. The first kappa shape index (κ1) is 22.1. The van der Waals surface area contributed by atoms with Crippen LogP contribution in [0.4, 0.5) is 0 Å². The van der Waals surface area contributed by atoms with Crippen LogP contribution in [0.5, 0.6) is 0 Å². The van der Waals surface area contributed by atoms with E-state index in [1.807, 2.05) is 13.0 Å². The Morgan fingerprint density at radius 1 is 1.25 bits per heavy atom. The molecule has 1 heterocycles. The summed E-state index contributed by atoms with van der Waals surface area (Å²) in [6.07, 6.45) is 8.86. The van der Waals surface area contributed by atoms with Gasteiger partial charge in [0.15, 0.2) is 5.76 Å². The highest BCUT2D eigenvalue weighted by Crippen LogP contribution is 2.43. The van der Waals surface area contributed by atoms with Crippen molar-refractivity contribution in [2.75, 3.05) is 19.8 Å². The van der Waals surface area contributed by atoms with Gasteiger partial charge in [0.2, 0.25) is 6.29 Å². The summed E-state index contributed by atoms with van der Waals surface area (Å²) in [4.78, 5) is 12.6. The van der Waals surface area contributed by atoms with E-state index in [0.29, 0.717) is 13.0 Å². The van der Waals surface area contributed by atoms with Gasteiger partial charge >= 0.3 is 0 Å². The van der Waals surface area contributed by atoms with Gasteiger partial charge in [0.1, 0.15) is 0 Å². The molecule has 1 aliphatic carbocycles. The van der Waals surface area contributed by atoms with E-state index in [4.69, 9.17) is 15.9 Å². The summed E-state index contributed by atoms with van der Waals surface area (Å²) in [5, 5.41) is 12.1. The SMILES string of the molecule is C#CCNC(=O)C1=C[C@H](c2ccc3c(c2)Cc2ccccc2-3)[C@H](CCCO)[C@H](OCC)O1. The Bertz CT molecular complexity index is 1050. The zero-order valence-corrected chi connectivity index (χ0v) is 18.3. The normalized spacial score (nSPS) is 21.0. The van der Waals surface area contributed by atoms with Crippen LogP contribution in [0.15, 0.2) is 54.3 Å². The van der Waals surface area contributed by atoms with Crippen LogP contribution in [-0.4, -0.2) is 37.1 Å². The first-order valence-electron chi connectivity index (χ1n) is 11.2. The molecule has 0 saturated heterocycles. The third-order valence-corrected chi connectivity index (χ3v) is 6.19. The monoisotopic (exact) mass is 431 g/mol. The molecule has 1 amide bonds. The molecule has 0 radical (unpaired) electrons. The zero-order chi connectivity index (χ0) is 22.5. The number of benzene rings is 2. The van der Waals surface area contributed by atoms with Crippen molar-refractivity contribution in [1.29, 1.82) is 0 Å². The summed E-state index contributed by atoms with van der Waals surface area (Å²) in [6, 6.07) is 15.0. The Kier molecular flexibility index (Phi) is 6.94. The Morgan fingerprint density at radius 2 is 2.06 bits per heavy atom. The number of aliphatic hydroxyl groups excluding tert-OH is 1. The molecular weight excluding hydrogens is 402 g/mol. The third kappa shape index (κ3) is 4.43. The van der Waals surface area contributed by atoms with Crippen molar-refractivity contribution >= 4 is 5.91 Å². The fraction of sp³-hybridized carbons (Fsp3) is 0.370. The molecule has 32 heavy (non-hydrogen) atoms. The summed E-state index contributed by atoms with van der Waals surface area (Å²) in [5.74, 6) is 2.21. The van der Waals surface area contributed by atoms with E-state index in [-0.39, 0.29) is 36.7 Å². The van der Waals surface area contributed by atoms with Crippen molar-refractivity contribution in [3.8, 4) is 23.5 Å². The third-order valence-electron chi connectivity index (χ3n) is 6.19. The molecule has 166 valence electrons. The molecule has 3 atom stereocenters. The summed E-state index contributed by atoms with van der Waals surface area (Å²) >= 11 is 0. The van der Waals surface area contributed by atoms with Gasteiger partial charge in [-0.05, 0) is 60.1 Å². The Balaban J connectivity index is 1.71. The quantitative estimate of drug-likeness (QED) is 0.533. The minimum absolute atomic E-state index is 0.0203. The number of carbonyl (C=O) groups is 1. The summed E-state index contributed by atoms with van der Waals surface area (Å²) in [6.45, 7) is 2.60. The second-order valence-electron chi connectivity index (χ2n) is 8.17. The van der Waals surface area contributed by atoms with Gasteiger partial charge in [0.05, 0.1) is 6.54 Å². The van der Waals surface area contributed by atoms with Gasteiger partial charge in [-0.2, -0.15) is 0 Å². The first-order chi connectivity index (χ1) is 15.7. The maximum Gasteiger partial charge on any atom is 0.286 e. The number of aliphatic hydroxyl groups is 1. The number of terminal acetylenes is 1. The van der Waals surface area contributed by atoms with Crippen LogP contribution in [0.2, 0.25) is 0 Å². The number of hydrogen-bond acceptors (Lipinski definition) is 4. The number of hydrogen-bond donors (Lipinski definition) is 2. The van der Waals surface area contributed by atoms with Gasteiger partial charge in [-0.1, -0.05) is 48.4 Å². The second kappa shape index (κ2) is 10.0. The topological polar surface area (TPSA) is 67.8 Å². The number of fused-ring (bicyclic) bond motifs is 3. The van der Waals surface area contributed by atoms with E-state index < -0.39 is 6.29 Å². The molecule has 2 N–H and O–H groups in total. The number of ether oxygens (including phenoxy) is 2. The van der Waals surface area contributed by atoms with E-state index in [1.54, 1.807) is 0 Å². The van der Waals surface area contributed by atoms with E-state index in [0.717, 1.165) is 18.4 Å². The maximum atomic E-state index is 12.6. The van der Waals surface area contributed by atoms with Crippen molar-refractivity contribution in [2.45, 2.75) is 38.4 Å². The lowest BCUT2D eigenvalue weighted by Crippen LogP contribution is -2.39. The van der Waals surface area contributed by atoms with Crippen molar-refractivity contribution in [2.24, 2.45) is 5.92 Å². The molecule has 0 saturated carbocycles. The average Bonchev–Trinajstić information content (AvgIpc) is 3.19. The number of carbonyl (C=O) groups excluding carboxylic acids is 1. The molecule has 2 aromatic carbocycles. The zero-order valence-electron chi connectivity index (χ0n) is 18.3. The number of amides is 1. The number of rotatable bonds is 8. The number of nitrogens with one attached hydrogen (secondary N) is 1. The van der Waals surface area contributed by atoms with Crippen molar-refractivity contribution in [3.63, 3.8) is 0 Å². The largest absolute Gasteiger partial charge is 0.459 e. The molecule has 4 rings (SSSR count). The molecule has 0 unspecified atom stereocenters.